The molecule has 0 aromatic heterocycles. The van der Waals surface area contributed by atoms with Gasteiger partial charge >= 0.3 is 0 Å². The van der Waals surface area contributed by atoms with E-state index in [1.54, 1.807) is 13.0 Å². The molecule has 1 aromatic rings. The fourth-order valence-corrected chi connectivity index (χ4v) is 3.06. The largest absolute Gasteiger partial charge is 0.382 e. The number of aryl methyl sites for hydroxylation is 1. The summed E-state index contributed by atoms with van der Waals surface area (Å²) in [5, 5.41) is 14.5. The molecule has 2 atom stereocenters. The SMILES string of the molecule is CCC1CCCC(Nc2ccc(C)c([N+](=O)[O-])c2)CC1. The second-order valence-corrected chi connectivity index (χ2v) is 5.88. The van der Waals surface area contributed by atoms with E-state index in [-0.39, 0.29) is 10.6 Å². The maximum absolute atomic E-state index is 11.0. The Hall–Kier alpha value is -1.58. The van der Waals surface area contributed by atoms with Crippen LogP contribution in [-0.4, -0.2) is 11.0 Å². The summed E-state index contributed by atoms with van der Waals surface area (Å²) in [7, 11) is 0. The molecule has 4 nitrogen and oxygen atoms in total. The number of nitro groups is 1. The van der Waals surface area contributed by atoms with E-state index in [0.29, 0.717) is 11.6 Å². The van der Waals surface area contributed by atoms with Crippen molar-refractivity contribution < 1.29 is 4.92 Å². The standard InChI is InChI=1S/C16H24N2O2/c1-3-13-5-4-6-14(10-8-13)17-15-9-7-12(2)16(11-15)18(19)20/h7,9,11,13-14,17H,3-6,8,10H2,1-2H3. The predicted molar refractivity (Wildman–Crippen MR) is 82.1 cm³/mol. The Kier molecular flexibility index (Phi) is 4.99. The van der Waals surface area contributed by atoms with Crippen LogP contribution >= 0.6 is 0 Å². The average molecular weight is 276 g/mol. The molecule has 1 fully saturated rings. The van der Waals surface area contributed by atoms with Gasteiger partial charge < -0.3 is 5.32 Å². The van der Waals surface area contributed by atoms with Crippen LogP contribution in [0.15, 0.2) is 18.2 Å². The minimum Gasteiger partial charge on any atom is -0.382 e. The molecule has 1 aliphatic carbocycles. The summed E-state index contributed by atoms with van der Waals surface area (Å²) in [5.41, 5.74) is 1.80. The molecule has 0 bridgehead atoms. The van der Waals surface area contributed by atoms with Gasteiger partial charge in [-0.25, -0.2) is 0 Å². The predicted octanol–water partition coefficient (Wildman–Crippen LogP) is 4.67. The highest BCUT2D eigenvalue weighted by molar-refractivity contribution is 5.55. The minimum absolute atomic E-state index is 0.204. The van der Waals surface area contributed by atoms with E-state index in [4.69, 9.17) is 0 Å². The maximum Gasteiger partial charge on any atom is 0.274 e. The van der Waals surface area contributed by atoms with E-state index in [9.17, 15) is 10.1 Å². The Bertz CT molecular complexity index is 474. The molecule has 4 heteroatoms. The van der Waals surface area contributed by atoms with Crippen molar-refractivity contribution in [3.63, 3.8) is 0 Å². The van der Waals surface area contributed by atoms with Crippen molar-refractivity contribution >= 4 is 11.4 Å². The van der Waals surface area contributed by atoms with Gasteiger partial charge in [-0.3, -0.25) is 10.1 Å². The van der Waals surface area contributed by atoms with Gasteiger partial charge in [0.25, 0.3) is 5.69 Å². The van der Waals surface area contributed by atoms with Crippen molar-refractivity contribution in [3.8, 4) is 0 Å². The summed E-state index contributed by atoms with van der Waals surface area (Å²) in [6.07, 6.45) is 7.44. The summed E-state index contributed by atoms with van der Waals surface area (Å²) < 4.78 is 0. The highest BCUT2D eigenvalue weighted by Crippen LogP contribution is 2.29. The summed E-state index contributed by atoms with van der Waals surface area (Å²) in [6.45, 7) is 4.04. The lowest BCUT2D eigenvalue weighted by Crippen LogP contribution is -2.18. The van der Waals surface area contributed by atoms with E-state index < -0.39 is 0 Å². The smallest absolute Gasteiger partial charge is 0.274 e. The third-order valence-electron chi connectivity index (χ3n) is 4.44. The second kappa shape index (κ2) is 6.73. The number of rotatable bonds is 4. The first kappa shape index (κ1) is 14.8. The molecule has 1 aromatic carbocycles. The molecular weight excluding hydrogens is 252 g/mol. The highest BCUT2D eigenvalue weighted by Gasteiger charge is 2.18. The van der Waals surface area contributed by atoms with Gasteiger partial charge in [0.2, 0.25) is 0 Å². The number of hydrogen-bond acceptors (Lipinski definition) is 3. The molecule has 2 unspecified atom stereocenters. The van der Waals surface area contributed by atoms with Gasteiger partial charge in [0.05, 0.1) is 4.92 Å². The topological polar surface area (TPSA) is 55.2 Å². The number of nitrogens with one attached hydrogen (secondary N) is 1. The Morgan fingerprint density at radius 2 is 2.10 bits per heavy atom. The normalized spacial score (nSPS) is 23.1. The molecule has 0 aliphatic heterocycles. The molecule has 0 saturated heterocycles. The zero-order valence-corrected chi connectivity index (χ0v) is 12.4. The van der Waals surface area contributed by atoms with E-state index in [1.165, 1.54) is 32.1 Å². The van der Waals surface area contributed by atoms with Gasteiger partial charge in [0, 0.05) is 23.4 Å². The molecule has 1 saturated carbocycles. The molecule has 2 rings (SSSR count). The van der Waals surface area contributed by atoms with Crippen molar-refractivity contribution in [2.45, 2.75) is 58.4 Å². The number of nitro benzene ring substituents is 1. The molecule has 0 amide bonds. The summed E-state index contributed by atoms with van der Waals surface area (Å²) in [4.78, 5) is 10.7. The van der Waals surface area contributed by atoms with E-state index in [1.807, 2.05) is 12.1 Å². The quantitative estimate of drug-likeness (QED) is 0.493. The van der Waals surface area contributed by atoms with Crippen LogP contribution in [0.2, 0.25) is 0 Å². The van der Waals surface area contributed by atoms with Crippen LogP contribution in [0.25, 0.3) is 0 Å². The van der Waals surface area contributed by atoms with Crippen LogP contribution in [-0.2, 0) is 0 Å². The first-order valence-electron chi connectivity index (χ1n) is 7.61. The fourth-order valence-electron chi connectivity index (χ4n) is 3.06. The lowest BCUT2D eigenvalue weighted by atomic mass is 9.98. The monoisotopic (exact) mass is 276 g/mol. The van der Waals surface area contributed by atoms with Crippen molar-refractivity contribution in [3.05, 3.63) is 33.9 Å². The number of hydrogen-bond donors (Lipinski definition) is 1. The van der Waals surface area contributed by atoms with Gasteiger partial charge in [-0.1, -0.05) is 32.3 Å². The first-order valence-corrected chi connectivity index (χ1v) is 7.61. The van der Waals surface area contributed by atoms with Crippen LogP contribution in [0.3, 0.4) is 0 Å². The summed E-state index contributed by atoms with van der Waals surface area (Å²) in [6, 6.07) is 5.89. The van der Waals surface area contributed by atoms with Crippen molar-refractivity contribution in [1.29, 1.82) is 0 Å². The molecule has 0 heterocycles. The lowest BCUT2D eigenvalue weighted by Gasteiger charge is -2.18. The zero-order valence-electron chi connectivity index (χ0n) is 12.4. The van der Waals surface area contributed by atoms with Crippen LogP contribution in [0.4, 0.5) is 11.4 Å². The van der Waals surface area contributed by atoms with Crippen LogP contribution < -0.4 is 5.32 Å². The Morgan fingerprint density at radius 3 is 2.80 bits per heavy atom. The van der Waals surface area contributed by atoms with Gasteiger partial charge in [0.15, 0.2) is 0 Å². The van der Waals surface area contributed by atoms with E-state index in [0.717, 1.165) is 18.0 Å². The average Bonchev–Trinajstić information content (AvgIpc) is 2.66. The number of nitrogens with zero attached hydrogens (tertiary/aromatic N) is 1. The first-order chi connectivity index (χ1) is 9.60. The van der Waals surface area contributed by atoms with Crippen LogP contribution in [0, 0.1) is 23.0 Å². The molecule has 0 radical (unpaired) electrons. The third kappa shape index (κ3) is 3.71. The number of anilines is 1. The zero-order chi connectivity index (χ0) is 14.5. The van der Waals surface area contributed by atoms with Crippen molar-refractivity contribution in [2.75, 3.05) is 5.32 Å². The summed E-state index contributed by atoms with van der Waals surface area (Å²) in [5.74, 6) is 0.856. The Labute approximate surface area is 120 Å². The Balaban J connectivity index is 2.02. The third-order valence-corrected chi connectivity index (χ3v) is 4.44. The van der Waals surface area contributed by atoms with E-state index >= 15 is 0 Å². The second-order valence-electron chi connectivity index (χ2n) is 5.88. The molecule has 110 valence electrons. The van der Waals surface area contributed by atoms with Crippen molar-refractivity contribution in [1.82, 2.24) is 0 Å². The fraction of sp³-hybridized carbons (Fsp3) is 0.625. The van der Waals surface area contributed by atoms with E-state index in [2.05, 4.69) is 12.2 Å². The molecule has 0 spiro atoms. The molecule has 20 heavy (non-hydrogen) atoms. The lowest BCUT2D eigenvalue weighted by molar-refractivity contribution is -0.385. The summed E-state index contributed by atoms with van der Waals surface area (Å²) >= 11 is 0. The molecular formula is C16H24N2O2. The highest BCUT2D eigenvalue weighted by atomic mass is 16.6. The van der Waals surface area contributed by atoms with Crippen LogP contribution in [0.5, 0.6) is 0 Å². The Morgan fingerprint density at radius 1 is 1.30 bits per heavy atom. The van der Waals surface area contributed by atoms with Gasteiger partial charge in [-0.05, 0) is 38.2 Å². The van der Waals surface area contributed by atoms with Crippen LogP contribution in [0.1, 0.15) is 51.0 Å². The van der Waals surface area contributed by atoms with Crippen molar-refractivity contribution in [2.24, 2.45) is 5.92 Å². The van der Waals surface area contributed by atoms with Gasteiger partial charge in [-0.15, -0.1) is 0 Å². The van der Waals surface area contributed by atoms with Gasteiger partial charge in [0.1, 0.15) is 0 Å². The maximum atomic E-state index is 11.0. The molecule has 1 aliphatic rings. The number of benzene rings is 1. The van der Waals surface area contributed by atoms with Gasteiger partial charge in [-0.2, -0.15) is 0 Å². The minimum atomic E-state index is -0.305. The molecule has 1 N–H and O–H groups in total.